The van der Waals surface area contributed by atoms with E-state index in [9.17, 15) is 9.59 Å². The van der Waals surface area contributed by atoms with Gasteiger partial charge in [0.2, 0.25) is 10.1 Å². The second-order valence-corrected chi connectivity index (χ2v) is 8.08. The van der Waals surface area contributed by atoms with Crippen LogP contribution in [0.15, 0.2) is 11.0 Å². The second-order valence-electron chi connectivity index (χ2n) is 7.15. The molecule has 2 aromatic rings. The number of hydrogen-bond acceptors (Lipinski definition) is 8. The molecule has 0 saturated carbocycles. The minimum atomic E-state index is -0.548. The summed E-state index contributed by atoms with van der Waals surface area (Å²) in [6.45, 7) is 4.08. The first-order valence-electron chi connectivity index (χ1n) is 9.36. The van der Waals surface area contributed by atoms with Crippen molar-refractivity contribution in [3.8, 4) is 0 Å². The van der Waals surface area contributed by atoms with E-state index in [0.29, 0.717) is 44.1 Å². The predicted molar refractivity (Wildman–Crippen MR) is 98.4 cm³/mol. The van der Waals surface area contributed by atoms with Crippen LogP contribution in [0.3, 0.4) is 0 Å². The van der Waals surface area contributed by atoms with Gasteiger partial charge >= 0.3 is 0 Å². The van der Waals surface area contributed by atoms with E-state index in [1.54, 1.807) is 4.90 Å². The van der Waals surface area contributed by atoms with E-state index < -0.39 is 11.3 Å². The Hall–Kier alpha value is -2.04. The van der Waals surface area contributed by atoms with Crippen molar-refractivity contribution in [1.29, 1.82) is 0 Å². The Kier molecular flexibility index (Phi) is 4.14. The summed E-state index contributed by atoms with van der Waals surface area (Å²) in [6, 6.07) is 0. The van der Waals surface area contributed by atoms with E-state index >= 15 is 0 Å². The molecule has 0 bridgehead atoms. The fourth-order valence-electron chi connectivity index (χ4n) is 3.97. The van der Waals surface area contributed by atoms with E-state index in [2.05, 4.69) is 15.0 Å². The first-order chi connectivity index (χ1) is 13.2. The molecule has 0 atom stereocenters. The molecule has 3 aliphatic rings. The Morgan fingerprint density at radius 3 is 2.52 bits per heavy atom. The molecule has 5 heterocycles. The van der Waals surface area contributed by atoms with Gasteiger partial charge in [-0.3, -0.25) is 9.59 Å². The van der Waals surface area contributed by atoms with Gasteiger partial charge in [-0.1, -0.05) is 11.3 Å². The van der Waals surface area contributed by atoms with Gasteiger partial charge in [0, 0.05) is 45.2 Å². The zero-order valence-corrected chi connectivity index (χ0v) is 15.7. The third kappa shape index (κ3) is 2.91. The number of nitrogens with zero attached hydrogens (tertiary/aromatic N) is 5. The number of amides is 1. The number of rotatable bonds is 2. The summed E-state index contributed by atoms with van der Waals surface area (Å²) < 4.78 is 12.7. The van der Waals surface area contributed by atoms with Crippen LogP contribution in [0.1, 0.15) is 36.0 Å². The minimum absolute atomic E-state index is 0.0648. The molecule has 0 N–H and O–H groups in total. The number of likely N-dealkylation sites (tertiary alicyclic amines) is 1. The summed E-state index contributed by atoms with van der Waals surface area (Å²) in [4.78, 5) is 34.4. The number of aromatic nitrogens is 3. The minimum Gasteiger partial charge on any atom is -0.347 e. The lowest BCUT2D eigenvalue weighted by Crippen LogP contribution is -2.48. The number of piperidine rings is 1. The highest BCUT2D eigenvalue weighted by Crippen LogP contribution is 2.31. The van der Waals surface area contributed by atoms with Crippen LogP contribution in [-0.2, 0) is 9.47 Å². The molecule has 3 saturated heterocycles. The lowest BCUT2D eigenvalue weighted by Gasteiger charge is -2.37. The molecule has 3 fully saturated rings. The van der Waals surface area contributed by atoms with E-state index in [0.717, 1.165) is 31.1 Å². The number of ether oxygens (including phenoxy) is 2. The van der Waals surface area contributed by atoms with E-state index in [1.165, 1.54) is 22.0 Å². The molecule has 2 aromatic heterocycles. The molecule has 3 aliphatic heterocycles. The van der Waals surface area contributed by atoms with Crippen LogP contribution in [0.25, 0.3) is 4.96 Å². The Bertz CT molecular complexity index is 919. The van der Waals surface area contributed by atoms with Crippen LogP contribution in [0.4, 0.5) is 5.13 Å². The maximum absolute atomic E-state index is 12.9. The first kappa shape index (κ1) is 17.1. The van der Waals surface area contributed by atoms with Crippen molar-refractivity contribution in [1.82, 2.24) is 19.5 Å². The standard InChI is InChI=1S/C17H21N5O4S/c23-13(20-7-3-17(4-8-20)25-9-10-26-17)12-11-18-15-22(14(12)24)19-16(27-15)21-5-1-2-6-21/h11H,1-10H2. The van der Waals surface area contributed by atoms with E-state index in [1.807, 2.05) is 0 Å². The number of hydrogen-bond donors (Lipinski definition) is 0. The van der Waals surface area contributed by atoms with Gasteiger partial charge in [0.1, 0.15) is 5.56 Å². The van der Waals surface area contributed by atoms with Gasteiger partial charge in [-0.15, -0.1) is 5.10 Å². The maximum Gasteiger partial charge on any atom is 0.288 e. The highest BCUT2D eigenvalue weighted by atomic mass is 32.1. The molecule has 1 amide bonds. The van der Waals surface area contributed by atoms with Gasteiger partial charge in [-0.05, 0) is 12.8 Å². The second kappa shape index (κ2) is 6.54. The van der Waals surface area contributed by atoms with Crippen LogP contribution in [0.5, 0.6) is 0 Å². The molecule has 9 nitrogen and oxygen atoms in total. The summed E-state index contributed by atoms with van der Waals surface area (Å²) in [5.74, 6) is -0.849. The average Bonchev–Trinajstić information content (AvgIpc) is 3.43. The summed E-state index contributed by atoms with van der Waals surface area (Å²) in [6.07, 6.45) is 4.88. The van der Waals surface area contributed by atoms with Crippen molar-refractivity contribution < 1.29 is 14.3 Å². The van der Waals surface area contributed by atoms with Crippen molar-refractivity contribution in [2.24, 2.45) is 0 Å². The zero-order valence-electron chi connectivity index (χ0n) is 14.9. The van der Waals surface area contributed by atoms with Crippen LogP contribution in [-0.4, -0.2) is 70.6 Å². The molecule has 0 radical (unpaired) electrons. The normalized spacial score (nSPS) is 22.2. The van der Waals surface area contributed by atoms with Gasteiger partial charge < -0.3 is 19.3 Å². The van der Waals surface area contributed by atoms with E-state index in [-0.39, 0.29) is 11.5 Å². The van der Waals surface area contributed by atoms with Crippen LogP contribution in [0, 0.1) is 0 Å². The van der Waals surface area contributed by atoms with Gasteiger partial charge in [0.25, 0.3) is 11.5 Å². The van der Waals surface area contributed by atoms with Crippen molar-refractivity contribution in [2.75, 3.05) is 44.3 Å². The van der Waals surface area contributed by atoms with Crippen molar-refractivity contribution in [3.63, 3.8) is 0 Å². The summed E-state index contributed by atoms with van der Waals surface area (Å²) in [5.41, 5.74) is -0.338. The largest absolute Gasteiger partial charge is 0.347 e. The number of anilines is 1. The van der Waals surface area contributed by atoms with Crippen molar-refractivity contribution >= 4 is 27.3 Å². The number of carbonyl (C=O) groups is 1. The van der Waals surface area contributed by atoms with Gasteiger partial charge in [0.05, 0.1) is 13.2 Å². The zero-order chi connectivity index (χ0) is 18.4. The molecule has 0 aliphatic carbocycles. The third-order valence-electron chi connectivity index (χ3n) is 5.51. The third-order valence-corrected chi connectivity index (χ3v) is 6.49. The molecule has 0 unspecified atom stereocenters. The lowest BCUT2D eigenvalue weighted by atomic mass is 10.0. The smallest absolute Gasteiger partial charge is 0.288 e. The number of carbonyl (C=O) groups excluding carboxylic acids is 1. The Balaban J connectivity index is 1.38. The maximum atomic E-state index is 12.9. The van der Waals surface area contributed by atoms with E-state index in [4.69, 9.17) is 9.47 Å². The van der Waals surface area contributed by atoms with Crippen molar-refractivity contribution in [3.05, 3.63) is 22.1 Å². The molecule has 27 heavy (non-hydrogen) atoms. The van der Waals surface area contributed by atoms with Crippen LogP contribution < -0.4 is 10.5 Å². The molecule has 0 aromatic carbocycles. The van der Waals surface area contributed by atoms with Gasteiger partial charge in [-0.2, -0.15) is 4.52 Å². The Morgan fingerprint density at radius 1 is 1.11 bits per heavy atom. The van der Waals surface area contributed by atoms with Crippen LogP contribution in [0.2, 0.25) is 0 Å². The SMILES string of the molecule is O=C(c1cnc2sc(N3CCCC3)nn2c1=O)N1CCC2(CC1)OCCO2. The fraction of sp³-hybridized carbons (Fsp3) is 0.647. The first-order valence-corrected chi connectivity index (χ1v) is 10.2. The molecular weight excluding hydrogens is 370 g/mol. The predicted octanol–water partition coefficient (Wildman–Crippen LogP) is 0.730. The van der Waals surface area contributed by atoms with Gasteiger partial charge in [0.15, 0.2) is 5.79 Å². The molecule has 1 spiro atoms. The molecule has 10 heteroatoms. The highest BCUT2D eigenvalue weighted by Gasteiger charge is 2.41. The topological polar surface area (TPSA) is 89.3 Å². The van der Waals surface area contributed by atoms with Crippen LogP contribution >= 0.6 is 11.3 Å². The van der Waals surface area contributed by atoms with Gasteiger partial charge in [-0.25, -0.2) is 4.98 Å². The number of fused-ring (bicyclic) bond motifs is 1. The fourth-order valence-corrected chi connectivity index (χ4v) is 4.88. The molecule has 5 rings (SSSR count). The lowest BCUT2D eigenvalue weighted by molar-refractivity contribution is -0.181. The molecular formula is C17H21N5O4S. The average molecular weight is 391 g/mol. The monoisotopic (exact) mass is 391 g/mol. The summed E-state index contributed by atoms with van der Waals surface area (Å²) in [5, 5.41) is 5.20. The molecule has 144 valence electrons. The summed E-state index contributed by atoms with van der Waals surface area (Å²) in [7, 11) is 0. The Labute approximate surface area is 159 Å². The summed E-state index contributed by atoms with van der Waals surface area (Å²) >= 11 is 1.39. The van der Waals surface area contributed by atoms with Crippen molar-refractivity contribution in [2.45, 2.75) is 31.5 Å². The quantitative estimate of drug-likeness (QED) is 0.746. The Morgan fingerprint density at radius 2 is 1.81 bits per heavy atom. The highest BCUT2D eigenvalue weighted by molar-refractivity contribution is 7.20.